The number of nitrogens with zero attached hydrogens (tertiary/aromatic N) is 1. The number of carbonyl (C=O) groups excluding carboxylic acids is 1. The molecule has 5 heteroatoms. The average Bonchev–Trinajstić information content (AvgIpc) is 2.86. The molecule has 1 fully saturated rings. The van der Waals surface area contributed by atoms with Gasteiger partial charge in [0.1, 0.15) is 11.1 Å². The van der Waals surface area contributed by atoms with Gasteiger partial charge in [0.05, 0.1) is 11.6 Å². The van der Waals surface area contributed by atoms with E-state index < -0.39 is 0 Å². The van der Waals surface area contributed by atoms with Crippen molar-refractivity contribution in [1.82, 2.24) is 5.32 Å². The van der Waals surface area contributed by atoms with Crippen molar-refractivity contribution < 1.29 is 4.79 Å². The molecule has 2 rings (SSSR count). The van der Waals surface area contributed by atoms with Gasteiger partial charge < -0.3 is 10.6 Å². The van der Waals surface area contributed by atoms with E-state index in [1.165, 1.54) is 11.3 Å². The van der Waals surface area contributed by atoms with Crippen molar-refractivity contribution in [3.63, 3.8) is 0 Å². The van der Waals surface area contributed by atoms with E-state index in [4.69, 9.17) is 5.26 Å². The molecule has 1 saturated heterocycles. The fourth-order valence-corrected chi connectivity index (χ4v) is 2.61. The lowest BCUT2D eigenvalue weighted by Gasteiger charge is -2.14. The number of carbonyl (C=O) groups is 1. The van der Waals surface area contributed by atoms with Crippen LogP contribution < -0.4 is 10.6 Å². The quantitative estimate of drug-likeness (QED) is 0.817. The highest BCUT2D eigenvalue weighted by Gasteiger charge is 2.29. The molecular weight excluding hydrogens is 222 g/mol. The zero-order valence-corrected chi connectivity index (χ0v) is 9.80. The number of nitriles is 1. The molecule has 84 valence electrons. The van der Waals surface area contributed by atoms with Gasteiger partial charge in [-0.05, 0) is 30.3 Å². The maximum absolute atomic E-state index is 11.9. The van der Waals surface area contributed by atoms with Crippen molar-refractivity contribution >= 4 is 22.2 Å². The van der Waals surface area contributed by atoms with Crippen LogP contribution in [0.25, 0.3) is 0 Å². The second kappa shape index (κ2) is 4.64. The number of anilines is 1. The van der Waals surface area contributed by atoms with E-state index in [1.54, 1.807) is 11.4 Å². The fraction of sp³-hybridized carbons (Fsp3) is 0.455. The molecule has 1 aromatic rings. The van der Waals surface area contributed by atoms with E-state index in [2.05, 4.69) is 23.6 Å². The summed E-state index contributed by atoms with van der Waals surface area (Å²) in [5.74, 6) is 0.314. The smallest absolute Gasteiger partial charge is 0.242 e. The van der Waals surface area contributed by atoms with Gasteiger partial charge in [0.15, 0.2) is 0 Å². The summed E-state index contributed by atoms with van der Waals surface area (Å²) in [5, 5.41) is 17.3. The Morgan fingerprint density at radius 2 is 2.56 bits per heavy atom. The number of amides is 1. The lowest BCUT2D eigenvalue weighted by molar-refractivity contribution is -0.118. The molecule has 0 spiro atoms. The number of thiophene rings is 1. The van der Waals surface area contributed by atoms with Crippen LogP contribution in [-0.4, -0.2) is 18.5 Å². The Kier molecular flexibility index (Phi) is 3.22. The standard InChI is InChI=1S/C11H13N3OS/c1-7-2-4-13-9(7)10(15)14-11-8(6-12)3-5-16-11/h3,5,7,9,13H,2,4H2,1H3,(H,14,15). The average molecular weight is 235 g/mol. The Morgan fingerprint density at radius 1 is 1.75 bits per heavy atom. The molecule has 1 amide bonds. The summed E-state index contributed by atoms with van der Waals surface area (Å²) in [6.45, 7) is 2.94. The van der Waals surface area contributed by atoms with Gasteiger partial charge in [-0.25, -0.2) is 0 Å². The van der Waals surface area contributed by atoms with E-state index in [1.807, 2.05) is 0 Å². The first-order chi connectivity index (χ1) is 7.72. The maximum Gasteiger partial charge on any atom is 0.242 e. The summed E-state index contributed by atoms with van der Waals surface area (Å²) in [7, 11) is 0. The van der Waals surface area contributed by atoms with Gasteiger partial charge in [0.25, 0.3) is 0 Å². The van der Waals surface area contributed by atoms with Crippen LogP contribution in [0.4, 0.5) is 5.00 Å². The van der Waals surface area contributed by atoms with Crippen LogP contribution in [0.5, 0.6) is 0 Å². The molecule has 0 saturated carbocycles. The monoisotopic (exact) mass is 235 g/mol. The van der Waals surface area contributed by atoms with Crippen molar-refractivity contribution in [2.75, 3.05) is 11.9 Å². The molecule has 4 nitrogen and oxygen atoms in total. The largest absolute Gasteiger partial charge is 0.315 e. The zero-order valence-electron chi connectivity index (χ0n) is 8.99. The van der Waals surface area contributed by atoms with Crippen LogP contribution in [0.1, 0.15) is 18.9 Å². The Bertz CT molecular complexity index is 435. The summed E-state index contributed by atoms with van der Waals surface area (Å²) >= 11 is 1.38. The van der Waals surface area contributed by atoms with Crippen LogP contribution in [0.2, 0.25) is 0 Å². The van der Waals surface area contributed by atoms with Gasteiger partial charge in [-0.3, -0.25) is 4.79 Å². The predicted molar refractivity (Wildman–Crippen MR) is 63.2 cm³/mol. The molecule has 0 aliphatic carbocycles. The third-order valence-corrected chi connectivity index (χ3v) is 3.67. The first-order valence-electron chi connectivity index (χ1n) is 5.24. The first-order valence-corrected chi connectivity index (χ1v) is 6.12. The number of rotatable bonds is 2. The van der Waals surface area contributed by atoms with E-state index in [9.17, 15) is 4.79 Å². The number of hydrogen-bond acceptors (Lipinski definition) is 4. The fourth-order valence-electron chi connectivity index (χ4n) is 1.87. The maximum atomic E-state index is 11.9. The van der Waals surface area contributed by atoms with Gasteiger partial charge in [-0.2, -0.15) is 5.26 Å². The van der Waals surface area contributed by atoms with Crippen LogP contribution in [0, 0.1) is 17.2 Å². The van der Waals surface area contributed by atoms with E-state index in [-0.39, 0.29) is 11.9 Å². The molecule has 2 N–H and O–H groups in total. The van der Waals surface area contributed by atoms with Crippen molar-refractivity contribution in [2.24, 2.45) is 5.92 Å². The van der Waals surface area contributed by atoms with Gasteiger partial charge in [0, 0.05) is 0 Å². The lowest BCUT2D eigenvalue weighted by atomic mass is 10.0. The van der Waals surface area contributed by atoms with Crippen LogP contribution in [-0.2, 0) is 4.79 Å². The molecule has 0 radical (unpaired) electrons. The van der Waals surface area contributed by atoms with Crippen molar-refractivity contribution in [1.29, 1.82) is 5.26 Å². The van der Waals surface area contributed by atoms with E-state index in [0.29, 0.717) is 16.5 Å². The van der Waals surface area contributed by atoms with Crippen molar-refractivity contribution in [3.05, 3.63) is 17.0 Å². The minimum absolute atomic E-state index is 0.0380. The molecule has 2 unspecified atom stereocenters. The Balaban J connectivity index is 2.05. The zero-order chi connectivity index (χ0) is 11.5. The van der Waals surface area contributed by atoms with Gasteiger partial charge in [-0.15, -0.1) is 11.3 Å². The first kappa shape index (κ1) is 11.1. The molecule has 16 heavy (non-hydrogen) atoms. The molecule has 1 aromatic heterocycles. The van der Waals surface area contributed by atoms with Gasteiger partial charge in [0.2, 0.25) is 5.91 Å². The molecule has 1 aliphatic rings. The highest BCUT2D eigenvalue weighted by Crippen LogP contribution is 2.23. The molecule has 0 bridgehead atoms. The van der Waals surface area contributed by atoms with Crippen LogP contribution in [0.15, 0.2) is 11.4 Å². The molecule has 1 aliphatic heterocycles. The second-order valence-corrected chi connectivity index (χ2v) is 4.88. The minimum Gasteiger partial charge on any atom is -0.315 e. The number of nitrogens with one attached hydrogen (secondary N) is 2. The molecular formula is C11H13N3OS. The summed E-state index contributed by atoms with van der Waals surface area (Å²) in [6, 6.07) is 3.64. The van der Waals surface area contributed by atoms with Gasteiger partial charge >= 0.3 is 0 Å². The minimum atomic E-state index is -0.131. The summed E-state index contributed by atoms with van der Waals surface area (Å²) in [5.41, 5.74) is 0.531. The van der Waals surface area contributed by atoms with Crippen molar-refractivity contribution in [2.45, 2.75) is 19.4 Å². The van der Waals surface area contributed by atoms with Crippen LogP contribution in [0.3, 0.4) is 0 Å². The third kappa shape index (κ3) is 2.08. The van der Waals surface area contributed by atoms with E-state index in [0.717, 1.165) is 13.0 Å². The summed E-state index contributed by atoms with van der Waals surface area (Å²) < 4.78 is 0. The third-order valence-electron chi connectivity index (χ3n) is 2.84. The van der Waals surface area contributed by atoms with E-state index >= 15 is 0 Å². The second-order valence-electron chi connectivity index (χ2n) is 3.96. The number of hydrogen-bond donors (Lipinski definition) is 2. The van der Waals surface area contributed by atoms with Crippen LogP contribution >= 0.6 is 11.3 Å². The SMILES string of the molecule is CC1CCNC1C(=O)Nc1sccc1C#N. The Hall–Kier alpha value is -1.38. The molecule has 2 atom stereocenters. The summed E-state index contributed by atoms with van der Waals surface area (Å²) in [6.07, 6.45) is 1.02. The Labute approximate surface area is 98.3 Å². The van der Waals surface area contributed by atoms with Gasteiger partial charge in [-0.1, -0.05) is 6.92 Å². The Morgan fingerprint density at radius 3 is 3.19 bits per heavy atom. The normalized spacial score (nSPS) is 24.0. The topological polar surface area (TPSA) is 64.9 Å². The lowest BCUT2D eigenvalue weighted by Crippen LogP contribution is -2.38. The highest BCUT2D eigenvalue weighted by atomic mass is 32.1. The molecule has 2 heterocycles. The molecule has 0 aromatic carbocycles. The summed E-state index contributed by atoms with van der Waals surface area (Å²) in [4.78, 5) is 11.9. The van der Waals surface area contributed by atoms with Crippen molar-refractivity contribution in [3.8, 4) is 6.07 Å². The predicted octanol–water partition coefficient (Wildman–Crippen LogP) is 1.56. The highest BCUT2D eigenvalue weighted by molar-refractivity contribution is 7.14.